The predicted molar refractivity (Wildman–Crippen MR) is 358 cm³/mol. The Bertz CT molecular complexity index is 5470. The molecule has 0 N–H and O–H groups in total. The quantitative estimate of drug-likeness (QED) is 0.164. The average Bonchev–Trinajstić information content (AvgIpc) is 1.55. The van der Waals surface area contributed by atoms with Gasteiger partial charge >= 0.3 is 0 Å². The van der Waals surface area contributed by atoms with Crippen molar-refractivity contribution >= 4 is 54.4 Å². The topological polar surface area (TPSA) is 30.7 Å². The minimum Gasteiger partial charge on any atom is -0.309 e. The predicted octanol–water partition coefficient (Wildman–Crippen LogP) is 20.5. The molecule has 5 aliphatic carbocycles. The van der Waals surface area contributed by atoms with Crippen molar-refractivity contribution in [3.63, 3.8) is 0 Å². The highest BCUT2D eigenvalue weighted by Crippen LogP contribution is 2.66. The average molecular weight is 1100 g/mol. The summed E-state index contributed by atoms with van der Waals surface area (Å²) in [5.41, 5.74) is 29.8. The minimum atomic E-state index is -0.439. The Balaban J connectivity index is 0.796. The molecular formula is C84H51N3. The number of para-hydroxylation sites is 2. The van der Waals surface area contributed by atoms with Gasteiger partial charge < -0.3 is 4.57 Å². The first-order chi connectivity index (χ1) is 43.1. The van der Waals surface area contributed by atoms with Crippen LogP contribution in [0.15, 0.2) is 297 Å². The Morgan fingerprint density at radius 1 is 0.322 bits per heavy atom. The maximum Gasteiger partial charge on any atom is 0.0979 e. The summed E-state index contributed by atoms with van der Waals surface area (Å²) < 4.78 is 2.38. The van der Waals surface area contributed by atoms with Gasteiger partial charge in [-0.25, -0.2) is 4.98 Å². The van der Waals surface area contributed by atoms with Crippen LogP contribution in [0.1, 0.15) is 50.4 Å². The van der Waals surface area contributed by atoms with E-state index in [1.165, 1.54) is 111 Å². The second kappa shape index (κ2) is 17.3. The third-order valence-electron chi connectivity index (χ3n) is 20.7. The molecule has 5 aliphatic rings. The van der Waals surface area contributed by atoms with Gasteiger partial charge in [0.2, 0.25) is 0 Å². The van der Waals surface area contributed by atoms with Crippen molar-refractivity contribution in [2.75, 3.05) is 0 Å². The SMILES string of the molecule is C1=CC2c3ccc(-c4ccc5c6ccc(-c7ccc8c(c7)C7(c9ccccc9-c9ccccc97)c7ccccc7-8)cc6c6ncc(-c7cccc(-n8c9ccccc9c9ccccc98)c7)nc6c5c4)cc3C3(c4ccccc4-c4ccccc43)C2C=C1. The Labute approximate surface area is 503 Å². The number of fused-ring (bicyclic) bond motifs is 29. The molecule has 0 saturated heterocycles. The van der Waals surface area contributed by atoms with Gasteiger partial charge in [0.25, 0.3) is 0 Å². The van der Waals surface area contributed by atoms with E-state index < -0.39 is 5.41 Å². The van der Waals surface area contributed by atoms with Gasteiger partial charge in [-0.05, 0) is 159 Å². The zero-order valence-corrected chi connectivity index (χ0v) is 47.3. The van der Waals surface area contributed by atoms with Crippen LogP contribution in [0.4, 0.5) is 0 Å². The Morgan fingerprint density at radius 3 is 1.43 bits per heavy atom. The molecule has 15 aromatic rings. The number of allylic oxidation sites excluding steroid dienone is 4. The second-order valence-electron chi connectivity index (χ2n) is 24.6. The third-order valence-corrected chi connectivity index (χ3v) is 20.7. The van der Waals surface area contributed by atoms with Gasteiger partial charge in [-0.1, -0.05) is 243 Å². The molecule has 20 rings (SSSR count). The zero-order chi connectivity index (χ0) is 56.7. The number of rotatable bonds is 4. The first-order valence-corrected chi connectivity index (χ1v) is 30.5. The van der Waals surface area contributed by atoms with E-state index in [1.54, 1.807) is 0 Å². The van der Waals surface area contributed by atoms with Crippen LogP contribution in [0.25, 0.3) is 127 Å². The molecule has 3 nitrogen and oxygen atoms in total. The largest absolute Gasteiger partial charge is 0.309 e. The summed E-state index contributed by atoms with van der Waals surface area (Å²) in [5.74, 6) is 0.518. The lowest BCUT2D eigenvalue weighted by Gasteiger charge is -2.36. The Morgan fingerprint density at radius 2 is 0.805 bits per heavy atom. The van der Waals surface area contributed by atoms with Gasteiger partial charge in [-0.3, -0.25) is 4.98 Å². The van der Waals surface area contributed by atoms with Crippen LogP contribution in [0, 0.1) is 5.92 Å². The number of benzene rings is 13. The maximum atomic E-state index is 5.80. The Hall–Kier alpha value is -11.0. The minimum absolute atomic E-state index is 0.252. The lowest BCUT2D eigenvalue weighted by atomic mass is 9.65. The standard InChI is InChI=1S/C84H51N3/c1-9-28-70-58(20-1)59-21-2-10-29-71(59)83(70)74-32-13-5-24-62(74)64-42-38-52(47-76(64)83)50-36-40-56-57-41-37-51(53-39-43-65-63-25-6-14-33-75(63)84(77(65)48-53)72-30-11-3-22-60(72)61-23-4-12-31-73(61)84)46-69(57)82-81(68(56)45-50)85-49-78(86-82)54-18-17-19-55(44-54)87-79-34-15-7-26-66(79)67-27-8-16-35-80(67)87/h1-49,63,75H. The monoisotopic (exact) mass is 1100 g/mol. The fourth-order valence-corrected chi connectivity index (χ4v) is 17.3. The fraction of sp³-hybridized carbons (Fsp3) is 0.0476. The molecule has 13 aromatic carbocycles. The summed E-state index contributed by atoms with van der Waals surface area (Å²) in [4.78, 5) is 11.4. The lowest BCUT2D eigenvalue weighted by molar-refractivity contribution is 0.465. The smallest absolute Gasteiger partial charge is 0.0979 e. The van der Waals surface area contributed by atoms with E-state index in [2.05, 4.69) is 296 Å². The lowest BCUT2D eigenvalue weighted by Crippen LogP contribution is -2.32. The van der Waals surface area contributed by atoms with Crippen molar-refractivity contribution in [2.45, 2.75) is 16.7 Å². The number of aromatic nitrogens is 3. The van der Waals surface area contributed by atoms with Gasteiger partial charge in [0.15, 0.2) is 0 Å². The summed E-state index contributed by atoms with van der Waals surface area (Å²) in [6.07, 6.45) is 11.4. The van der Waals surface area contributed by atoms with E-state index in [9.17, 15) is 0 Å². The van der Waals surface area contributed by atoms with Crippen molar-refractivity contribution in [3.05, 3.63) is 342 Å². The van der Waals surface area contributed by atoms with Crippen LogP contribution >= 0.6 is 0 Å². The number of hydrogen-bond donors (Lipinski definition) is 0. The molecule has 0 saturated carbocycles. The van der Waals surface area contributed by atoms with Crippen molar-refractivity contribution in [1.29, 1.82) is 0 Å². The number of hydrogen-bond acceptors (Lipinski definition) is 2. The van der Waals surface area contributed by atoms with E-state index in [0.717, 1.165) is 60.6 Å². The van der Waals surface area contributed by atoms with Gasteiger partial charge in [-0.2, -0.15) is 0 Å². The van der Waals surface area contributed by atoms with Gasteiger partial charge in [0, 0.05) is 44.6 Å². The van der Waals surface area contributed by atoms with Crippen molar-refractivity contribution in [2.24, 2.45) is 5.92 Å². The first kappa shape index (κ1) is 47.4. The van der Waals surface area contributed by atoms with Crippen LogP contribution in [-0.4, -0.2) is 14.5 Å². The molecule has 3 heteroatoms. The molecule has 2 spiro atoms. The summed E-state index contributed by atoms with van der Waals surface area (Å²) in [5, 5.41) is 6.94. The van der Waals surface area contributed by atoms with Gasteiger partial charge in [-0.15, -0.1) is 0 Å². The summed E-state index contributed by atoms with van der Waals surface area (Å²) in [6, 6.07) is 100. The van der Waals surface area contributed by atoms with E-state index in [0.29, 0.717) is 0 Å². The molecule has 0 fully saturated rings. The van der Waals surface area contributed by atoms with Gasteiger partial charge in [0.05, 0.1) is 44.8 Å². The highest BCUT2D eigenvalue weighted by atomic mass is 15.0. The molecular weight excluding hydrogens is 1050 g/mol. The maximum absolute atomic E-state index is 5.80. The van der Waals surface area contributed by atoms with Crippen LogP contribution in [0.3, 0.4) is 0 Å². The third kappa shape index (κ3) is 6.10. The molecule has 0 radical (unpaired) electrons. The molecule has 402 valence electrons. The van der Waals surface area contributed by atoms with E-state index in [-0.39, 0.29) is 17.3 Å². The molecule has 2 aromatic heterocycles. The molecule has 87 heavy (non-hydrogen) atoms. The normalized spacial score (nSPS) is 16.4. The number of nitrogens with zero attached hydrogens (tertiary/aromatic N) is 3. The van der Waals surface area contributed by atoms with Crippen LogP contribution < -0.4 is 0 Å². The van der Waals surface area contributed by atoms with Crippen LogP contribution in [0.5, 0.6) is 0 Å². The summed E-state index contributed by atoms with van der Waals surface area (Å²) in [6.45, 7) is 0. The fourth-order valence-electron chi connectivity index (χ4n) is 17.3. The highest BCUT2D eigenvalue weighted by Gasteiger charge is 2.57. The molecule has 0 amide bonds. The molecule has 0 aliphatic heterocycles. The van der Waals surface area contributed by atoms with Crippen molar-refractivity contribution in [1.82, 2.24) is 14.5 Å². The van der Waals surface area contributed by atoms with E-state index >= 15 is 0 Å². The summed E-state index contributed by atoms with van der Waals surface area (Å²) >= 11 is 0. The van der Waals surface area contributed by atoms with Crippen LogP contribution in [-0.2, 0) is 10.8 Å². The molecule has 2 atom stereocenters. The highest BCUT2D eigenvalue weighted by molar-refractivity contribution is 6.24. The van der Waals surface area contributed by atoms with Crippen molar-refractivity contribution < 1.29 is 0 Å². The second-order valence-corrected chi connectivity index (χ2v) is 24.6. The van der Waals surface area contributed by atoms with E-state index in [4.69, 9.17) is 9.97 Å². The first-order valence-electron chi connectivity index (χ1n) is 30.5. The van der Waals surface area contributed by atoms with Crippen LogP contribution in [0.2, 0.25) is 0 Å². The zero-order valence-electron chi connectivity index (χ0n) is 47.3. The van der Waals surface area contributed by atoms with Gasteiger partial charge in [0.1, 0.15) is 0 Å². The van der Waals surface area contributed by atoms with Crippen molar-refractivity contribution in [3.8, 4) is 72.6 Å². The molecule has 2 heterocycles. The van der Waals surface area contributed by atoms with E-state index in [1.807, 2.05) is 6.20 Å². The summed E-state index contributed by atoms with van der Waals surface area (Å²) in [7, 11) is 0. The Kier molecular flexibility index (Phi) is 9.43. The molecule has 2 unspecified atom stereocenters. The molecule has 0 bridgehead atoms.